The van der Waals surface area contributed by atoms with Gasteiger partial charge in [-0.15, -0.1) is 0 Å². The number of carboxylic acids is 1. The molecule has 1 aromatic rings. The highest BCUT2D eigenvalue weighted by molar-refractivity contribution is 6.39. The molecule has 0 atom stereocenters. The van der Waals surface area contributed by atoms with Gasteiger partial charge >= 0.3 is 5.97 Å². The molecule has 0 saturated heterocycles. The van der Waals surface area contributed by atoms with Crippen molar-refractivity contribution in [1.82, 2.24) is 0 Å². The Hall–Kier alpha value is -1.64. The van der Waals surface area contributed by atoms with E-state index in [2.05, 4.69) is 0 Å². The standard InChI is InChI=1S/C14H16O3/c15-13(14(16)17)12-7-5-11(6-8-12)9-10-3-1-2-4-10/h5-8,10H,1-4,9H2,(H,16,17). The lowest BCUT2D eigenvalue weighted by Gasteiger charge is -2.08. The molecule has 1 aromatic carbocycles. The van der Waals surface area contributed by atoms with Crippen molar-refractivity contribution in [3.8, 4) is 0 Å². The van der Waals surface area contributed by atoms with Crippen LogP contribution in [0.5, 0.6) is 0 Å². The van der Waals surface area contributed by atoms with Crippen LogP contribution >= 0.6 is 0 Å². The van der Waals surface area contributed by atoms with Crippen molar-refractivity contribution in [2.45, 2.75) is 32.1 Å². The van der Waals surface area contributed by atoms with Crippen molar-refractivity contribution < 1.29 is 14.7 Å². The predicted octanol–water partition coefficient (Wildman–Crippen LogP) is 2.69. The van der Waals surface area contributed by atoms with E-state index in [-0.39, 0.29) is 5.56 Å². The minimum Gasteiger partial charge on any atom is -0.475 e. The second kappa shape index (κ2) is 5.13. The average Bonchev–Trinajstić information content (AvgIpc) is 2.82. The Bertz CT molecular complexity index is 414. The number of carbonyl (C=O) groups is 2. The van der Waals surface area contributed by atoms with Crippen molar-refractivity contribution in [2.75, 3.05) is 0 Å². The van der Waals surface area contributed by atoms with Gasteiger partial charge in [0, 0.05) is 5.56 Å². The summed E-state index contributed by atoms with van der Waals surface area (Å²) in [6.45, 7) is 0. The van der Waals surface area contributed by atoms with E-state index in [9.17, 15) is 9.59 Å². The first-order valence-corrected chi connectivity index (χ1v) is 6.03. The van der Waals surface area contributed by atoms with Crippen LogP contribution in [0.3, 0.4) is 0 Å². The third-order valence-corrected chi connectivity index (χ3v) is 3.41. The maximum atomic E-state index is 11.2. The molecule has 90 valence electrons. The molecule has 0 aliphatic heterocycles. The molecule has 2 rings (SSSR count). The summed E-state index contributed by atoms with van der Waals surface area (Å²) in [6.07, 6.45) is 6.26. The number of Topliss-reactive ketones (excluding diaryl/α,β-unsaturated/α-hetero) is 1. The fourth-order valence-corrected chi connectivity index (χ4v) is 2.46. The topological polar surface area (TPSA) is 54.4 Å². The average molecular weight is 232 g/mol. The number of aliphatic carboxylic acids is 1. The van der Waals surface area contributed by atoms with E-state index in [1.54, 1.807) is 12.1 Å². The molecule has 1 saturated carbocycles. The third-order valence-electron chi connectivity index (χ3n) is 3.41. The van der Waals surface area contributed by atoms with Crippen molar-refractivity contribution >= 4 is 11.8 Å². The summed E-state index contributed by atoms with van der Waals surface area (Å²) in [7, 11) is 0. The number of benzene rings is 1. The molecule has 0 aromatic heterocycles. The molecule has 0 radical (unpaired) electrons. The fourth-order valence-electron chi connectivity index (χ4n) is 2.46. The van der Waals surface area contributed by atoms with E-state index in [0.29, 0.717) is 0 Å². The first kappa shape index (κ1) is 11.8. The van der Waals surface area contributed by atoms with Gasteiger partial charge in [0.15, 0.2) is 0 Å². The SMILES string of the molecule is O=C(O)C(=O)c1ccc(CC2CCCC2)cc1. The summed E-state index contributed by atoms with van der Waals surface area (Å²) >= 11 is 0. The van der Waals surface area contributed by atoms with Crippen LogP contribution in [0, 0.1) is 5.92 Å². The first-order valence-electron chi connectivity index (χ1n) is 6.03. The molecule has 1 aliphatic rings. The van der Waals surface area contributed by atoms with Gasteiger partial charge < -0.3 is 5.11 Å². The minimum absolute atomic E-state index is 0.257. The van der Waals surface area contributed by atoms with Gasteiger partial charge in [0.1, 0.15) is 0 Å². The van der Waals surface area contributed by atoms with Crippen LogP contribution in [0.25, 0.3) is 0 Å². The van der Waals surface area contributed by atoms with Crippen molar-refractivity contribution in [1.29, 1.82) is 0 Å². The van der Waals surface area contributed by atoms with Gasteiger partial charge in [0.25, 0.3) is 5.78 Å². The highest BCUT2D eigenvalue weighted by Crippen LogP contribution is 2.27. The highest BCUT2D eigenvalue weighted by atomic mass is 16.4. The van der Waals surface area contributed by atoms with E-state index >= 15 is 0 Å². The lowest BCUT2D eigenvalue weighted by Crippen LogP contribution is -2.12. The van der Waals surface area contributed by atoms with Gasteiger partial charge in [-0.2, -0.15) is 0 Å². The lowest BCUT2D eigenvalue weighted by molar-refractivity contribution is -0.131. The second-order valence-corrected chi connectivity index (χ2v) is 4.69. The molecular formula is C14H16O3. The zero-order valence-corrected chi connectivity index (χ0v) is 9.69. The summed E-state index contributed by atoms with van der Waals surface area (Å²) in [5, 5.41) is 8.59. The van der Waals surface area contributed by atoms with Crippen molar-refractivity contribution in [3.63, 3.8) is 0 Å². The number of rotatable bonds is 4. The molecule has 0 heterocycles. The fraction of sp³-hybridized carbons (Fsp3) is 0.429. The van der Waals surface area contributed by atoms with E-state index < -0.39 is 11.8 Å². The number of ketones is 1. The lowest BCUT2D eigenvalue weighted by atomic mass is 9.97. The molecule has 3 heteroatoms. The number of carboxylic acid groups (broad SMARTS) is 1. The van der Waals surface area contributed by atoms with E-state index in [1.165, 1.54) is 31.2 Å². The summed E-state index contributed by atoms with van der Waals surface area (Å²) in [5.41, 5.74) is 1.45. The van der Waals surface area contributed by atoms with Crippen LogP contribution in [0.4, 0.5) is 0 Å². The van der Waals surface area contributed by atoms with Crippen LogP contribution < -0.4 is 0 Å². The van der Waals surface area contributed by atoms with Crippen LogP contribution in [-0.2, 0) is 11.2 Å². The van der Waals surface area contributed by atoms with Crippen molar-refractivity contribution in [2.24, 2.45) is 5.92 Å². The zero-order chi connectivity index (χ0) is 12.3. The van der Waals surface area contributed by atoms with E-state index in [4.69, 9.17) is 5.11 Å². The Labute approximate surface area is 100 Å². The number of carbonyl (C=O) groups excluding carboxylic acids is 1. The maximum absolute atomic E-state index is 11.2. The molecule has 0 bridgehead atoms. The molecule has 17 heavy (non-hydrogen) atoms. The molecule has 0 spiro atoms. The Balaban J connectivity index is 2.02. The maximum Gasteiger partial charge on any atom is 0.377 e. The largest absolute Gasteiger partial charge is 0.475 e. The van der Waals surface area contributed by atoms with Gasteiger partial charge in [0.05, 0.1) is 0 Å². The molecule has 1 aliphatic carbocycles. The quantitative estimate of drug-likeness (QED) is 0.641. The predicted molar refractivity (Wildman–Crippen MR) is 64.1 cm³/mol. The summed E-state index contributed by atoms with van der Waals surface area (Å²) < 4.78 is 0. The van der Waals surface area contributed by atoms with Gasteiger partial charge in [-0.1, -0.05) is 49.9 Å². The molecule has 1 N–H and O–H groups in total. The van der Waals surface area contributed by atoms with E-state index in [0.717, 1.165) is 12.3 Å². The molecule has 0 amide bonds. The Morgan fingerprint density at radius 3 is 2.24 bits per heavy atom. The highest BCUT2D eigenvalue weighted by Gasteiger charge is 2.17. The molecular weight excluding hydrogens is 216 g/mol. The van der Waals surface area contributed by atoms with Gasteiger partial charge in [0.2, 0.25) is 0 Å². The Morgan fingerprint density at radius 1 is 1.12 bits per heavy atom. The minimum atomic E-state index is -1.39. The van der Waals surface area contributed by atoms with Gasteiger partial charge in [-0.05, 0) is 17.9 Å². The summed E-state index contributed by atoms with van der Waals surface area (Å²) in [5.74, 6) is -1.47. The second-order valence-electron chi connectivity index (χ2n) is 4.69. The first-order chi connectivity index (χ1) is 8.16. The van der Waals surface area contributed by atoms with Gasteiger partial charge in [-0.25, -0.2) is 4.79 Å². The zero-order valence-electron chi connectivity index (χ0n) is 9.69. The third kappa shape index (κ3) is 2.93. The van der Waals surface area contributed by atoms with Crippen LogP contribution in [0.1, 0.15) is 41.6 Å². The normalized spacial score (nSPS) is 16.0. The Kier molecular flexibility index (Phi) is 3.57. The smallest absolute Gasteiger partial charge is 0.377 e. The monoisotopic (exact) mass is 232 g/mol. The molecule has 0 unspecified atom stereocenters. The van der Waals surface area contributed by atoms with Crippen molar-refractivity contribution in [3.05, 3.63) is 35.4 Å². The summed E-state index contributed by atoms with van der Waals surface area (Å²) in [4.78, 5) is 21.7. The van der Waals surface area contributed by atoms with Gasteiger partial charge in [-0.3, -0.25) is 4.79 Å². The van der Waals surface area contributed by atoms with Crippen LogP contribution in [0.2, 0.25) is 0 Å². The Morgan fingerprint density at radius 2 is 1.71 bits per heavy atom. The number of hydrogen-bond donors (Lipinski definition) is 1. The molecule has 3 nitrogen and oxygen atoms in total. The number of hydrogen-bond acceptors (Lipinski definition) is 2. The van der Waals surface area contributed by atoms with Crippen LogP contribution in [-0.4, -0.2) is 16.9 Å². The van der Waals surface area contributed by atoms with E-state index in [1.807, 2.05) is 12.1 Å². The van der Waals surface area contributed by atoms with Crippen LogP contribution in [0.15, 0.2) is 24.3 Å². The molecule has 1 fully saturated rings. The summed E-state index contributed by atoms with van der Waals surface area (Å²) in [6, 6.07) is 6.96.